The Bertz CT molecular complexity index is 416. The van der Waals surface area contributed by atoms with Crippen molar-refractivity contribution < 1.29 is 15.0 Å². The molecule has 0 bridgehead atoms. The van der Waals surface area contributed by atoms with Gasteiger partial charge in [0.1, 0.15) is 11.3 Å². The van der Waals surface area contributed by atoms with Gasteiger partial charge in [-0.05, 0) is 31.4 Å². The third-order valence-electron chi connectivity index (χ3n) is 2.90. The number of hydrogen-bond donors (Lipinski definition) is 3. The van der Waals surface area contributed by atoms with Crippen molar-refractivity contribution in [3.8, 4) is 5.75 Å². The molecule has 1 atom stereocenters. The fraction of sp³-hybridized carbons (Fsp3) is 0.364. The van der Waals surface area contributed by atoms with Crippen molar-refractivity contribution in [2.75, 3.05) is 5.32 Å². The molecule has 4 heteroatoms. The molecule has 0 aliphatic carbocycles. The lowest BCUT2D eigenvalue weighted by Gasteiger charge is -2.33. The third kappa shape index (κ3) is 1.52. The molecule has 0 saturated heterocycles. The van der Waals surface area contributed by atoms with Crippen LogP contribution < -0.4 is 5.32 Å². The van der Waals surface area contributed by atoms with Crippen LogP contribution in [0.1, 0.15) is 18.9 Å². The Labute approximate surface area is 87.6 Å². The fourth-order valence-corrected chi connectivity index (χ4v) is 1.82. The van der Waals surface area contributed by atoms with Crippen molar-refractivity contribution in [3.05, 3.63) is 23.8 Å². The number of aliphatic carboxylic acids is 1. The van der Waals surface area contributed by atoms with E-state index in [0.717, 1.165) is 5.56 Å². The van der Waals surface area contributed by atoms with Crippen LogP contribution >= 0.6 is 0 Å². The highest BCUT2D eigenvalue weighted by molar-refractivity contribution is 5.84. The first kappa shape index (κ1) is 9.83. The molecule has 1 aliphatic heterocycles. The number of para-hydroxylation sites is 1. The van der Waals surface area contributed by atoms with Crippen molar-refractivity contribution >= 4 is 11.7 Å². The largest absolute Gasteiger partial charge is 0.506 e. The number of aromatic hydroxyl groups is 1. The minimum atomic E-state index is -0.980. The average molecular weight is 207 g/mol. The molecule has 1 unspecified atom stereocenters. The Hall–Kier alpha value is -1.71. The predicted octanol–water partition coefficient (Wildman–Crippen LogP) is 1.59. The zero-order chi connectivity index (χ0) is 11.1. The first-order valence-electron chi connectivity index (χ1n) is 4.85. The number of carbonyl (C=O) groups is 1. The number of carboxylic acids is 1. The van der Waals surface area contributed by atoms with Gasteiger partial charge in [-0.2, -0.15) is 0 Å². The summed E-state index contributed by atoms with van der Waals surface area (Å²) < 4.78 is 0. The summed E-state index contributed by atoms with van der Waals surface area (Å²) in [5, 5.41) is 21.6. The number of nitrogens with one attached hydrogen (secondary N) is 1. The average Bonchev–Trinajstić information content (AvgIpc) is 2.19. The van der Waals surface area contributed by atoms with E-state index in [9.17, 15) is 9.90 Å². The van der Waals surface area contributed by atoms with Crippen molar-refractivity contribution in [1.82, 2.24) is 0 Å². The van der Waals surface area contributed by atoms with Crippen LogP contribution in [0, 0.1) is 0 Å². The molecule has 0 aromatic heterocycles. The van der Waals surface area contributed by atoms with Gasteiger partial charge in [0.2, 0.25) is 0 Å². The highest BCUT2D eigenvalue weighted by atomic mass is 16.4. The number of phenols is 1. The Morgan fingerprint density at radius 3 is 2.93 bits per heavy atom. The summed E-state index contributed by atoms with van der Waals surface area (Å²) in [5.41, 5.74) is 0.536. The van der Waals surface area contributed by atoms with Gasteiger partial charge in [-0.25, -0.2) is 4.79 Å². The number of benzene rings is 1. The lowest BCUT2D eigenvalue weighted by atomic mass is 9.87. The SMILES string of the molecule is CC1(C(=O)O)CCc2cccc(O)c2N1. The Balaban J connectivity index is 2.42. The van der Waals surface area contributed by atoms with Gasteiger partial charge >= 0.3 is 5.97 Å². The maximum absolute atomic E-state index is 11.1. The molecule has 4 nitrogen and oxygen atoms in total. The second-order valence-corrected chi connectivity index (χ2v) is 4.07. The Morgan fingerprint density at radius 1 is 1.53 bits per heavy atom. The molecule has 2 rings (SSSR count). The zero-order valence-corrected chi connectivity index (χ0v) is 8.45. The van der Waals surface area contributed by atoms with Crippen LogP contribution in [0.3, 0.4) is 0 Å². The summed E-state index contributed by atoms with van der Waals surface area (Å²) in [6.07, 6.45) is 1.19. The summed E-state index contributed by atoms with van der Waals surface area (Å²) >= 11 is 0. The summed E-state index contributed by atoms with van der Waals surface area (Å²) in [6.45, 7) is 1.63. The normalized spacial score (nSPS) is 24.1. The van der Waals surface area contributed by atoms with Crippen LogP contribution in [0.15, 0.2) is 18.2 Å². The Morgan fingerprint density at radius 2 is 2.27 bits per heavy atom. The van der Waals surface area contributed by atoms with Gasteiger partial charge in [0.15, 0.2) is 0 Å². The number of carboxylic acid groups (broad SMARTS) is 1. The van der Waals surface area contributed by atoms with Crippen LogP contribution in [-0.4, -0.2) is 21.7 Å². The zero-order valence-electron chi connectivity index (χ0n) is 8.45. The second-order valence-electron chi connectivity index (χ2n) is 4.07. The topological polar surface area (TPSA) is 69.6 Å². The lowest BCUT2D eigenvalue weighted by molar-refractivity contribution is -0.142. The molecule has 3 N–H and O–H groups in total. The van der Waals surface area contributed by atoms with E-state index in [1.54, 1.807) is 19.1 Å². The van der Waals surface area contributed by atoms with Gasteiger partial charge in [0.05, 0.1) is 5.69 Å². The van der Waals surface area contributed by atoms with Gasteiger partial charge in [0.25, 0.3) is 0 Å². The van der Waals surface area contributed by atoms with Crippen molar-refractivity contribution in [3.63, 3.8) is 0 Å². The molecular weight excluding hydrogens is 194 g/mol. The highest BCUT2D eigenvalue weighted by Crippen LogP contribution is 2.36. The molecule has 1 aliphatic rings. The fourth-order valence-electron chi connectivity index (χ4n) is 1.82. The highest BCUT2D eigenvalue weighted by Gasteiger charge is 2.37. The van der Waals surface area contributed by atoms with Crippen molar-refractivity contribution in [1.29, 1.82) is 0 Å². The van der Waals surface area contributed by atoms with Crippen LogP contribution in [-0.2, 0) is 11.2 Å². The van der Waals surface area contributed by atoms with Crippen molar-refractivity contribution in [2.45, 2.75) is 25.3 Å². The Kier molecular flexibility index (Phi) is 2.07. The third-order valence-corrected chi connectivity index (χ3v) is 2.90. The quantitative estimate of drug-likeness (QED) is 0.612. The predicted molar refractivity (Wildman–Crippen MR) is 56.1 cm³/mol. The number of aryl methyl sites for hydroxylation is 1. The van der Waals surface area contributed by atoms with E-state index >= 15 is 0 Å². The standard InChI is InChI=1S/C11H13NO3/c1-11(10(14)15)6-5-7-3-2-4-8(13)9(7)12-11/h2-4,12-13H,5-6H2,1H3,(H,14,15). The number of fused-ring (bicyclic) bond motifs is 1. The first-order chi connectivity index (χ1) is 7.03. The molecule has 0 fully saturated rings. The maximum Gasteiger partial charge on any atom is 0.329 e. The summed E-state index contributed by atoms with van der Waals surface area (Å²) in [6, 6.07) is 5.21. The minimum Gasteiger partial charge on any atom is -0.506 e. The van der Waals surface area contributed by atoms with E-state index in [1.165, 1.54) is 0 Å². The van der Waals surface area contributed by atoms with E-state index in [0.29, 0.717) is 18.5 Å². The molecule has 15 heavy (non-hydrogen) atoms. The van der Waals surface area contributed by atoms with E-state index in [2.05, 4.69) is 5.32 Å². The van der Waals surface area contributed by atoms with Crippen LogP contribution in [0.25, 0.3) is 0 Å². The molecular formula is C11H13NO3. The van der Waals surface area contributed by atoms with E-state index in [-0.39, 0.29) is 5.75 Å². The molecule has 1 heterocycles. The number of rotatable bonds is 1. The van der Waals surface area contributed by atoms with Gasteiger partial charge in [-0.3, -0.25) is 0 Å². The summed E-state index contributed by atoms with van der Waals surface area (Å²) in [4.78, 5) is 11.1. The van der Waals surface area contributed by atoms with Crippen LogP contribution in [0.5, 0.6) is 5.75 Å². The monoisotopic (exact) mass is 207 g/mol. The van der Waals surface area contributed by atoms with Gasteiger partial charge in [-0.1, -0.05) is 12.1 Å². The summed E-state index contributed by atoms with van der Waals surface area (Å²) in [5.74, 6) is -0.781. The van der Waals surface area contributed by atoms with E-state index in [4.69, 9.17) is 5.11 Å². The smallest absolute Gasteiger partial charge is 0.329 e. The summed E-state index contributed by atoms with van der Waals surface area (Å²) in [7, 11) is 0. The molecule has 80 valence electrons. The number of phenolic OH excluding ortho intramolecular Hbond substituents is 1. The van der Waals surface area contributed by atoms with Gasteiger partial charge in [-0.15, -0.1) is 0 Å². The second kappa shape index (κ2) is 3.15. The maximum atomic E-state index is 11.1. The molecule has 1 aromatic carbocycles. The molecule has 0 saturated carbocycles. The minimum absolute atomic E-state index is 0.111. The lowest BCUT2D eigenvalue weighted by Crippen LogP contribution is -2.46. The van der Waals surface area contributed by atoms with E-state index < -0.39 is 11.5 Å². The van der Waals surface area contributed by atoms with Crippen LogP contribution in [0.4, 0.5) is 5.69 Å². The number of hydrogen-bond acceptors (Lipinski definition) is 3. The van der Waals surface area contributed by atoms with Crippen LogP contribution in [0.2, 0.25) is 0 Å². The molecule has 0 spiro atoms. The molecule has 0 radical (unpaired) electrons. The molecule has 1 aromatic rings. The number of anilines is 1. The van der Waals surface area contributed by atoms with Gasteiger partial charge < -0.3 is 15.5 Å². The van der Waals surface area contributed by atoms with Gasteiger partial charge in [0, 0.05) is 0 Å². The first-order valence-corrected chi connectivity index (χ1v) is 4.85. The van der Waals surface area contributed by atoms with Crippen molar-refractivity contribution in [2.24, 2.45) is 0 Å². The molecule has 0 amide bonds. The van der Waals surface area contributed by atoms with E-state index in [1.807, 2.05) is 6.07 Å².